The lowest BCUT2D eigenvalue weighted by Gasteiger charge is -2.24. The number of hydrogen-bond acceptors (Lipinski definition) is 5. The van der Waals surface area contributed by atoms with Crippen molar-refractivity contribution in [3.05, 3.63) is 47.1 Å². The molecule has 2 fully saturated rings. The highest BCUT2D eigenvalue weighted by molar-refractivity contribution is 5.87. The Hall–Kier alpha value is -2.21. The first-order valence-electron chi connectivity index (χ1n) is 9.36. The Balaban J connectivity index is 1.52. The van der Waals surface area contributed by atoms with Crippen LogP contribution in [-0.2, 0) is 12.0 Å². The van der Waals surface area contributed by atoms with Crippen molar-refractivity contribution in [1.82, 2.24) is 15.0 Å². The van der Waals surface area contributed by atoms with Gasteiger partial charge in [0.15, 0.2) is 5.82 Å². The summed E-state index contributed by atoms with van der Waals surface area (Å²) in [7, 11) is 0. The van der Waals surface area contributed by atoms with Crippen LogP contribution in [0.1, 0.15) is 66.7 Å². The van der Waals surface area contributed by atoms with Crippen LogP contribution in [0, 0.1) is 5.92 Å². The van der Waals surface area contributed by atoms with Crippen LogP contribution in [0.15, 0.2) is 28.8 Å². The van der Waals surface area contributed by atoms with Crippen LogP contribution in [-0.4, -0.2) is 39.2 Å². The molecule has 1 aliphatic carbocycles. The number of aromatic nitrogens is 2. The van der Waals surface area contributed by atoms with Gasteiger partial charge >= 0.3 is 5.97 Å². The minimum absolute atomic E-state index is 0.0128. The number of carboxylic acid groups (broad SMARTS) is 1. The summed E-state index contributed by atoms with van der Waals surface area (Å²) in [6.45, 7) is 6.95. The van der Waals surface area contributed by atoms with Crippen LogP contribution in [0.2, 0.25) is 0 Å². The molecule has 1 N–H and O–H groups in total. The molecule has 0 bridgehead atoms. The Morgan fingerprint density at radius 3 is 2.81 bits per heavy atom. The Labute approximate surface area is 153 Å². The molecular weight excluding hydrogens is 330 g/mol. The van der Waals surface area contributed by atoms with Gasteiger partial charge in [-0.15, -0.1) is 0 Å². The van der Waals surface area contributed by atoms with E-state index in [-0.39, 0.29) is 11.3 Å². The summed E-state index contributed by atoms with van der Waals surface area (Å²) >= 11 is 0. The zero-order valence-electron chi connectivity index (χ0n) is 15.3. The van der Waals surface area contributed by atoms with Crippen molar-refractivity contribution in [2.45, 2.75) is 51.0 Å². The van der Waals surface area contributed by atoms with E-state index in [9.17, 15) is 4.79 Å². The van der Waals surface area contributed by atoms with Gasteiger partial charge in [-0.2, -0.15) is 4.98 Å². The molecule has 138 valence electrons. The van der Waals surface area contributed by atoms with Gasteiger partial charge in [-0.05, 0) is 36.5 Å². The van der Waals surface area contributed by atoms with Crippen molar-refractivity contribution in [2.75, 3.05) is 13.1 Å². The third kappa shape index (κ3) is 2.92. The number of likely N-dealkylation sites (tertiary alicyclic amines) is 1. The summed E-state index contributed by atoms with van der Waals surface area (Å²) in [6, 6.07) is 7.18. The van der Waals surface area contributed by atoms with Crippen LogP contribution in [0.3, 0.4) is 0 Å². The monoisotopic (exact) mass is 355 g/mol. The Bertz CT molecular complexity index is 799. The zero-order valence-corrected chi connectivity index (χ0v) is 15.3. The van der Waals surface area contributed by atoms with E-state index in [1.807, 2.05) is 12.1 Å². The Kier molecular flexibility index (Phi) is 4.31. The van der Waals surface area contributed by atoms with Crippen LogP contribution < -0.4 is 0 Å². The van der Waals surface area contributed by atoms with Crippen molar-refractivity contribution in [3.8, 4) is 0 Å². The van der Waals surface area contributed by atoms with E-state index in [0.717, 1.165) is 43.3 Å². The molecule has 6 heteroatoms. The summed E-state index contributed by atoms with van der Waals surface area (Å²) in [6.07, 6.45) is 3.52. The van der Waals surface area contributed by atoms with Gasteiger partial charge in [-0.1, -0.05) is 37.6 Å². The summed E-state index contributed by atoms with van der Waals surface area (Å²) in [5.74, 6) is 1.55. The number of nitrogens with zero attached hydrogens (tertiary/aromatic N) is 3. The van der Waals surface area contributed by atoms with Gasteiger partial charge < -0.3 is 9.63 Å². The maximum atomic E-state index is 11.0. The molecule has 0 spiro atoms. The largest absolute Gasteiger partial charge is 0.478 e. The van der Waals surface area contributed by atoms with E-state index < -0.39 is 5.97 Å². The molecule has 0 unspecified atom stereocenters. The first kappa shape index (κ1) is 17.2. The van der Waals surface area contributed by atoms with Crippen LogP contribution in [0.4, 0.5) is 0 Å². The van der Waals surface area contributed by atoms with Gasteiger partial charge in [0.25, 0.3) is 0 Å². The Morgan fingerprint density at radius 2 is 2.15 bits per heavy atom. The minimum Gasteiger partial charge on any atom is -0.478 e. The predicted octanol–water partition coefficient (Wildman–Crippen LogP) is 3.44. The quantitative estimate of drug-likeness (QED) is 0.885. The second-order valence-electron chi connectivity index (χ2n) is 8.03. The van der Waals surface area contributed by atoms with Crippen molar-refractivity contribution in [2.24, 2.45) is 5.92 Å². The van der Waals surface area contributed by atoms with Crippen LogP contribution >= 0.6 is 0 Å². The lowest BCUT2D eigenvalue weighted by atomic mass is 9.80. The highest BCUT2D eigenvalue weighted by atomic mass is 16.5. The van der Waals surface area contributed by atoms with Gasteiger partial charge in [0, 0.05) is 25.6 Å². The van der Waals surface area contributed by atoms with Crippen LogP contribution in [0.5, 0.6) is 0 Å². The number of hydrogen-bond donors (Lipinski definition) is 1. The fourth-order valence-electron chi connectivity index (χ4n) is 4.55. The maximum absolute atomic E-state index is 11.0. The molecule has 0 amide bonds. The van der Waals surface area contributed by atoms with Crippen molar-refractivity contribution >= 4 is 5.97 Å². The number of aromatic carboxylic acids is 1. The zero-order chi connectivity index (χ0) is 18.3. The fraction of sp³-hybridized carbons (Fsp3) is 0.550. The first-order chi connectivity index (χ1) is 12.5. The topological polar surface area (TPSA) is 79.5 Å². The van der Waals surface area contributed by atoms with E-state index in [1.165, 1.54) is 12.8 Å². The molecule has 2 heterocycles. The fourth-order valence-corrected chi connectivity index (χ4v) is 4.55. The SMILES string of the molecule is CC(C)c1noc([C@@]23CCC[C@@H]2CN(Cc2ccc(C(=O)O)cc2)C3)n1. The number of carbonyl (C=O) groups is 1. The first-order valence-corrected chi connectivity index (χ1v) is 9.36. The number of carboxylic acids is 1. The standard InChI is InChI=1S/C20H25N3O3/c1-13(2)17-21-19(26-22-17)20-9-3-4-16(20)11-23(12-20)10-14-5-7-15(8-6-14)18(24)25/h5-8,13,16H,3-4,9-12H2,1-2H3,(H,24,25)/t16-,20-/m1/s1. The molecule has 1 aromatic carbocycles. The van der Waals surface area contributed by atoms with Crippen molar-refractivity contribution in [1.29, 1.82) is 0 Å². The normalized spacial score (nSPS) is 25.7. The minimum atomic E-state index is -0.886. The number of benzene rings is 1. The average molecular weight is 355 g/mol. The van der Waals surface area contributed by atoms with E-state index in [1.54, 1.807) is 12.1 Å². The summed E-state index contributed by atoms with van der Waals surface area (Å²) in [5, 5.41) is 13.2. The molecule has 1 aliphatic heterocycles. The second kappa shape index (κ2) is 6.50. The van der Waals surface area contributed by atoms with Gasteiger partial charge in [-0.3, -0.25) is 4.90 Å². The molecule has 26 heavy (non-hydrogen) atoms. The molecule has 2 aromatic rings. The maximum Gasteiger partial charge on any atom is 0.335 e. The molecule has 1 aromatic heterocycles. The predicted molar refractivity (Wildman–Crippen MR) is 96.1 cm³/mol. The summed E-state index contributed by atoms with van der Waals surface area (Å²) < 4.78 is 5.70. The molecular formula is C20H25N3O3. The third-order valence-corrected chi connectivity index (χ3v) is 5.93. The molecule has 1 saturated heterocycles. The summed E-state index contributed by atoms with van der Waals surface area (Å²) in [4.78, 5) is 18.2. The average Bonchev–Trinajstić information content (AvgIpc) is 3.28. The van der Waals surface area contributed by atoms with Gasteiger partial charge in [-0.25, -0.2) is 4.79 Å². The Morgan fingerprint density at radius 1 is 1.38 bits per heavy atom. The lowest BCUT2D eigenvalue weighted by molar-refractivity contribution is 0.0697. The highest BCUT2D eigenvalue weighted by Crippen LogP contribution is 2.50. The number of fused-ring (bicyclic) bond motifs is 1. The van der Waals surface area contributed by atoms with Gasteiger partial charge in [0.2, 0.25) is 5.89 Å². The summed E-state index contributed by atoms with van der Waals surface area (Å²) in [5.41, 5.74) is 1.45. The molecule has 0 radical (unpaired) electrons. The molecule has 4 rings (SSSR count). The van der Waals surface area contributed by atoms with Gasteiger partial charge in [0.1, 0.15) is 0 Å². The smallest absolute Gasteiger partial charge is 0.335 e. The molecule has 6 nitrogen and oxygen atoms in total. The molecule has 2 atom stereocenters. The van der Waals surface area contributed by atoms with E-state index in [4.69, 9.17) is 14.6 Å². The lowest BCUT2D eigenvalue weighted by Crippen LogP contribution is -2.32. The van der Waals surface area contributed by atoms with Crippen molar-refractivity contribution < 1.29 is 14.4 Å². The van der Waals surface area contributed by atoms with E-state index in [2.05, 4.69) is 23.9 Å². The number of rotatable bonds is 5. The van der Waals surface area contributed by atoms with E-state index in [0.29, 0.717) is 11.5 Å². The van der Waals surface area contributed by atoms with Crippen LogP contribution in [0.25, 0.3) is 0 Å². The third-order valence-electron chi connectivity index (χ3n) is 5.93. The molecule has 1 saturated carbocycles. The highest BCUT2D eigenvalue weighted by Gasteiger charge is 2.54. The second-order valence-corrected chi connectivity index (χ2v) is 8.03. The van der Waals surface area contributed by atoms with Gasteiger partial charge in [0.05, 0.1) is 11.0 Å². The van der Waals surface area contributed by atoms with E-state index >= 15 is 0 Å². The molecule has 2 aliphatic rings. The van der Waals surface area contributed by atoms with Crippen molar-refractivity contribution in [3.63, 3.8) is 0 Å².